The number of epoxide rings is 1. The van der Waals surface area contributed by atoms with Crippen LogP contribution in [0.4, 0.5) is 0 Å². The highest BCUT2D eigenvalue weighted by atomic mass is 28.4. The summed E-state index contributed by atoms with van der Waals surface area (Å²) in [5.74, 6) is 0. The summed E-state index contributed by atoms with van der Waals surface area (Å²) in [5.41, 5.74) is 0.591. The molecule has 2 aliphatic carbocycles. The molecule has 37 heavy (non-hydrogen) atoms. The Hall–Kier alpha value is -0.249. The van der Waals surface area contributed by atoms with E-state index in [1.807, 2.05) is 0 Å². The monoisotopic (exact) mass is 560 g/mol. The molecule has 1 spiro atoms. The Morgan fingerprint density at radius 1 is 0.838 bits per heavy atom. The fourth-order valence-electron chi connectivity index (χ4n) is 7.05. The van der Waals surface area contributed by atoms with Crippen LogP contribution < -0.4 is 5.19 Å². The lowest BCUT2D eigenvalue weighted by molar-refractivity contribution is -0.0235. The summed E-state index contributed by atoms with van der Waals surface area (Å²) in [6, 6.07) is 11.4. The van der Waals surface area contributed by atoms with Crippen molar-refractivity contribution in [1.29, 1.82) is 0 Å². The Labute approximate surface area is 231 Å². The normalized spacial score (nSPS) is 33.0. The standard InChI is InChI=1S/C31H56O3Si3/c1-28(2,3)36(9,10)32-23-30-20-16-17-21-31(30)27(33-31)25(34-37(11,12)29(4,5)6)22-26(30)35(7,8)24-18-14-13-15-19-24/h13-15,18-19,25-27H,16-17,20-23H2,1-12H3/t25-,26+,27-,30+,31-/m0/s1. The highest BCUT2D eigenvalue weighted by molar-refractivity contribution is 6.91. The van der Waals surface area contributed by atoms with E-state index in [2.05, 4.69) is 111 Å². The van der Waals surface area contributed by atoms with Crippen molar-refractivity contribution in [3.8, 4) is 0 Å². The third-order valence-corrected chi connectivity index (χ3v) is 24.9. The van der Waals surface area contributed by atoms with Gasteiger partial charge in [0.05, 0.1) is 14.2 Å². The van der Waals surface area contributed by atoms with Crippen LogP contribution in [0.5, 0.6) is 0 Å². The molecular weight excluding hydrogens is 505 g/mol. The molecule has 0 radical (unpaired) electrons. The summed E-state index contributed by atoms with van der Waals surface area (Å²) in [6.45, 7) is 30.0. The van der Waals surface area contributed by atoms with E-state index in [0.29, 0.717) is 5.54 Å². The maximum absolute atomic E-state index is 7.25. The van der Waals surface area contributed by atoms with E-state index in [1.54, 1.807) is 5.19 Å². The van der Waals surface area contributed by atoms with Crippen LogP contribution in [0, 0.1) is 5.41 Å². The van der Waals surface area contributed by atoms with Crippen molar-refractivity contribution in [1.82, 2.24) is 0 Å². The molecule has 5 atom stereocenters. The van der Waals surface area contributed by atoms with Gasteiger partial charge >= 0.3 is 0 Å². The van der Waals surface area contributed by atoms with E-state index in [-0.39, 0.29) is 33.3 Å². The lowest BCUT2D eigenvalue weighted by Gasteiger charge is -2.58. The first kappa shape index (κ1) is 29.7. The van der Waals surface area contributed by atoms with Crippen molar-refractivity contribution in [2.75, 3.05) is 6.61 Å². The molecule has 1 saturated heterocycles. The maximum atomic E-state index is 7.25. The van der Waals surface area contributed by atoms with Gasteiger partial charge in [-0.2, -0.15) is 0 Å². The molecule has 3 aliphatic rings. The molecule has 4 rings (SSSR count). The Kier molecular flexibility index (Phi) is 7.56. The van der Waals surface area contributed by atoms with E-state index in [1.165, 1.54) is 25.7 Å². The average molecular weight is 561 g/mol. The van der Waals surface area contributed by atoms with Gasteiger partial charge in [0, 0.05) is 12.0 Å². The van der Waals surface area contributed by atoms with Crippen molar-refractivity contribution in [3.05, 3.63) is 30.3 Å². The molecule has 210 valence electrons. The average Bonchev–Trinajstić information content (AvgIpc) is 3.52. The summed E-state index contributed by atoms with van der Waals surface area (Å²) in [6.07, 6.45) is 6.54. The molecule has 1 aromatic carbocycles. The second kappa shape index (κ2) is 9.41. The Bertz CT molecular complexity index is 962. The number of hydrogen-bond acceptors (Lipinski definition) is 3. The van der Waals surface area contributed by atoms with Crippen LogP contribution in [0.3, 0.4) is 0 Å². The zero-order chi connectivity index (χ0) is 27.7. The number of ether oxygens (including phenoxy) is 1. The van der Waals surface area contributed by atoms with Crippen LogP contribution in [-0.2, 0) is 13.6 Å². The van der Waals surface area contributed by atoms with E-state index >= 15 is 0 Å². The molecule has 3 nitrogen and oxygen atoms in total. The summed E-state index contributed by atoms with van der Waals surface area (Å²) in [5, 5.41) is 1.97. The minimum Gasteiger partial charge on any atom is -0.416 e. The van der Waals surface area contributed by atoms with Crippen molar-refractivity contribution < 1.29 is 13.6 Å². The van der Waals surface area contributed by atoms with Gasteiger partial charge in [0.25, 0.3) is 0 Å². The quantitative estimate of drug-likeness (QED) is 0.247. The molecule has 0 N–H and O–H groups in total. The molecule has 0 aromatic heterocycles. The van der Waals surface area contributed by atoms with Crippen LogP contribution in [0.1, 0.15) is 73.6 Å². The van der Waals surface area contributed by atoms with Gasteiger partial charge in [-0.05, 0) is 61.1 Å². The summed E-state index contributed by atoms with van der Waals surface area (Å²) < 4.78 is 21.4. The van der Waals surface area contributed by atoms with Gasteiger partial charge in [0.15, 0.2) is 16.6 Å². The highest BCUT2D eigenvalue weighted by Crippen LogP contribution is 2.71. The van der Waals surface area contributed by atoms with Crippen LogP contribution in [0.15, 0.2) is 30.3 Å². The summed E-state index contributed by atoms with van der Waals surface area (Å²) in [7, 11) is -5.71. The van der Waals surface area contributed by atoms with Gasteiger partial charge in [-0.1, -0.05) is 103 Å². The second-order valence-corrected chi connectivity index (χ2v) is 30.4. The summed E-state index contributed by atoms with van der Waals surface area (Å²) in [4.78, 5) is 0. The Balaban J connectivity index is 1.79. The molecule has 6 heteroatoms. The van der Waals surface area contributed by atoms with Crippen molar-refractivity contribution in [2.24, 2.45) is 5.41 Å². The van der Waals surface area contributed by atoms with Crippen molar-refractivity contribution in [3.63, 3.8) is 0 Å². The fraction of sp³-hybridized carbons (Fsp3) is 0.806. The molecular formula is C31H56O3Si3. The zero-order valence-electron chi connectivity index (χ0n) is 26.1. The predicted octanol–water partition coefficient (Wildman–Crippen LogP) is 8.49. The van der Waals surface area contributed by atoms with Crippen molar-refractivity contribution >= 4 is 29.9 Å². The number of rotatable bonds is 7. The van der Waals surface area contributed by atoms with Crippen LogP contribution in [0.2, 0.25) is 54.9 Å². The van der Waals surface area contributed by atoms with Gasteiger partial charge in [-0.3, -0.25) is 0 Å². The third-order valence-electron chi connectivity index (χ3n) is 11.6. The number of benzene rings is 1. The molecule has 1 heterocycles. The SMILES string of the molecule is CC(C)(C)[Si](C)(C)OC[C@@]12CCCC[C@@]13O[C@H]3[C@@H](O[Si](C)(C)C(C)(C)C)C[C@H]2[Si](C)(C)c1ccccc1. The first-order valence-electron chi connectivity index (χ1n) is 14.9. The first-order valence-corrected chi connectivity index (χ1v) is 23.8. The zero-order valence-corrected chi connectivity index (χ0v) is 29.1. The van der Waals surface area contributed by atoms with Crippen LogP contribution in [-0.4, -0.2) is 49.1 Å². The largest absolute Gasteiger partial charge is 0.416 e. The number of hydrogen-bond donors (Lipinski definition) is 0. The van der Waals surface area contributed by atoms with Gasteiger partial charge in [-0.15, -0.1) is 0 Å². The van der Waals surface area contributed by atoms with E-state index in [9.17, 15) is 0 Å². The van der Waals surface area contributed by atoms with Crippen LogP contribution in [0.25, 0.3) is 0 Å². The van der Waals surface area contributed by atoms with E-state index < -0.39 is 24.7 Å². The Morgan fingerprint density at radius 3 is 1.97 bits per heavy atom. The summed E-state index contributed by atoms with van der Waals surface area (Å²) >= 11 is 0. The Morgan fingerprint density at radius 2 is 1.41 bits per heavy atom. The molecule has 2 saturated carbocycles. The van der Waals surface area contributed by atoms with Gasteiger partial charge in [0.1, 0.15) is 11.7 Å². The third kappa shape index (κ3) is 4.94. The molecule has 0 amide bonds. The van der Waals surface area contributed by atoms with Crippen molar-refractivity contribution in [2.45, 2.75) is 146 Å². The highest BCUT2D eigenvalue weighted by Gasteiger charge is 2.78. The molecule has 3 fully saturated rings. The molecule has 1 aromatic rings. The first-order chi connectivity index (χ1) is 16.8. The van der Waals surface area contributed by atoms with Crippen LogP contribution >= 0.6 is 0 Å². The topological polar surface area (TPSA) is 31.0 Å². The van der Waals surface area contributed by atoms with Gasteiger partial charge in [0.2, 0.25) is 0 Å². The van der Waals surface area contributed by atoms with Gasteiger partial charge in [-0.25, -0.2) is 0 Å². The second-order valence-electron chi connectivity index (χ2n) is 16.1. The minimum absolute atomic E-state index is 0.0669. The molecule has 1 aliphatic heterocycles. The maximum Gasteiger partial charge on any atom is 0.192 e. The smallest absolute Gasteiger partial charge is 0.192 e. The predicted molar refractivity (Wildman–Crippen MR) is 166 cm³/mol. The molecule has 0 unspecified atom stereocenters. The fourth-order valence-corrected chi connectivity index (χ4v) is 13.6. The minimum atomic E-state index is -1.92. The lowest BCUT2D eigenvalue weighted by Crippen LogP contribution is -2.65. The van der Waals surface area contributed by atoms with E-state index in [0.717, 1.165) is 13.0 Å². The van der Waals surface area contributed by atoms with E-state index in [4.69, 9.17) is 13.6 Å². The van der Waals surface area contributed by atoms with Gasteiger partial charge < -0.3 is 13.6 Å². The molecule has 0 bridgehead atoms. The lowest BCUT2D eigenvalue weighted by atomic mass is 9.58.